The average molecular weight is 415 g/mol. The summed E-state index contributed by atoms with van der Waals surface area (Å²) in [6.45, 7) is 9.35. The summed E-state index contributed by atoms with van der Waals surface area (Å²) in [5.74, 6) is -1.29. The van der Waals surface area contributed by atoms with E-state index in [9.17, 15) is 19.2 Å². The van der Waals surface area contributed by atoms with Crippen LogP contribution in [0.25, 0.3) is 0 Å². The maximum Gasteiger partial charge on any atom is 0.334 e. The Bertz CT molecular complexity index is 683. The van der Waals surface area contributed by atoms with Crippen molar-refractivity contribution in [2.75, 3.05) is 26.2 Å². The minimum Gasteiger partial charge on any atom is -0.355 e. The van der Waals surface area contributed by atoms with Crippen LogP contribution in [0.4, 0.5) is 0 Å². The van der Waals surface area contributed by atoms with Gasteiger partial charge in [-0.1, -0.05) is 20.4 Å². The maximum absolute atomic E-state index is 12.5. The highest BCUT2D eigenvalue weighted by Crippen LogP contribution is 2.21. The molecule has 162 valence electrons. The van der Waals surface area contributed by atoms with Crippen molar-refractivity contribution in [1.29, 1.82) is 0 Å². The van der Waals surface area contributed by atoms with Gasteiger partial charge in [0.05, 0.1) is 19.5 Å². The van der Waals surface area contributed by atoms with Crippen LogP contribution in [-0.4, -0.2) is 65.9 Å². The van der Waals surface area contributed by atoms with Gasteiger partial charge in [-0.25, -0.2) is 4.79 Å². The van der Waals surface area contributed by atoms with Crippen LogP contribution in [0.1, 0.15) is 53.7 Å². The first-order chi connectivity index (χ1) is 14.1. The highest BCUT2D eigenvalue weighted by molar-refractivity contribution is 5.83. The third kappa shape index (κ3) is 7.16. The van der Waals surface area contributed by atoms with E-state index in [4.69, 9.17) is 6.21 Å². The van der Waals surface area contributed by atoms with Gasteiger partial charge in [-0.2, -0.15) is 0 Å². The Labute approximate surface area is 173 Å². The predicted molar refractivity (Wildman–Crippen MR) is 106 cm³/mol. The number of likely N-dealkylation sites (tertiary alicyclic amines) is 1. The van der Waals surface area contributed by atoms with Crippen LogP contribution in [0.15, 0.2) is 12.3 Å². The van der Waals surface area contributed by atoms with Crippen molar-refractivity contribution in [2.45, 2.75) is 58.4 Å². The number of nitrogens with zero attached hydrogens (tertiary/aromatic N) is 2. The van der Waals surface area contributed by atoms with Gasteiger partial charge >= 0.3 is 5.97 Å². The van der Waals surface area contributed by atoms with Crippen molar-refractivity contribution in [2.24, 2.45) is 5.92 Å². The van der Waals surface area contributed by atoms with Crippen LogP contribution >= 0.6 is 0 Å². The molecule has 2 aliphatic heterocycles. The number of carbonyl (C=O) groups excluding carboxylic acids is 4. The second-order valence-electron chi connectivity index (χ2n) is 7.71. The van der Waals surface area contributed by atoms with Gasteiger partial charge in [0.15, 0.2) is 0 Å². The van der Waals surface area contributed by atoms with E-state index in [0.717, 1.165) is 18.0 Å². The van der Waals surface area contributed by atoms with Gasteiger partial charge in [0.25, 0.3) is 5.91 Å². The van der Waals surface area contributed by atoms with Crippen LogP contribution in [-0.2, 0) is 24.0 Å². The van der Waals surface area contributed by atoms with Crippen LogP contribution in [0, 0.1) is 5.92 Å². The topological polar surface area (TPSA) is 108 Å². The van der Waals surface area contributed by atoms with Crippen molar-refractivity contribution in [3.8, 4) is 0 Å². The van der Waals surface area contributed by atoms with E-state index in [1.54, 1.807) is 0 Å². The standard InChI is InChI=1S/C20H32N4O5/c1-14(2)13-23-12-4-5-16(23)20(28)22-10-8-17(25)21-11-9-19(27)29-24-15(3)6-7-18(24)26/h14,16H,3-13H2,1-2H3,(H,21,25)(H,22,28)/i1+1,2+1,14+1,16D,17+1,21+1,22+1. The van der Waals surface area contributed by atoms with E-state index in [2.05, 4.69) is 31.1 Å². The summed E-state index contributed by atoms with van der Waals surface area (Å²) >= 11 is 0. The molecule has 0 aromatic rings. The molecule has 0 radical (unpaired) electrons. The van der Waals surface area contributed by atoms with Crippen molar-refractivity contribution in [1.82, 2.24) is 20.6 Å². The van der Waals surface area contributed by atoms with Crippen molar-refractivity contribution < 1.29 is 25.4 Å². The Morgan fingerprint density at radius 1 is 1.24 bits per heavy atom. The molecular weight excluding hydrogens is 382 g/mol. The second-order valence-corrected chi connectivity index (χ2v) is 7.71. The van der Waals surface area contributed by atoms with E-state index in [-0.39, 0.29) is 50.1 Å². The molecule has 2 aliphatic rings. The zero-order valence-corrected chi connectivity index (χ0v) is 17.3. The first-order valence-electron chi connectivity index (χ1n) is 10.6. The quantitative estimate of drug-likeness (QED) is 0.402. The zero-order chi connectivity index (χ0) is 22.3. The number of nitrogens with one attached hydrogen (secondary N) is 2. The minimum absolute atomic E-state index is 0.0441. The molecule has 2 N–H and O–H groups in total. The number of amides is 3. The highest BCUT2D eigenvalue weighted by atomic mass is 16.7. The minimum atomic E-state index is -1.28. The second kappa shape index (κ2) is 10.9. The molecule has 3 amide bonds. The summed E-state index contributed by atoms with van der Waals surface area (Å²) in [6, 6.07) is -1.28. The lowest BCUT2D eigenvalue weighted by Gasteiger charge is -2.25. The van der Waals surface area contributed by atoms with E-state index in [0.29, 0.717) is 31.0 Å². The molecular formula is C20H32N4O5. The molecule has 0 spiro atoms. The molecule has 0 saturated carbocycles. The molecule has 0 aromatic carbocycles. The van der Waals surface area contributed by atoms with Crippen molar-refractivity contribution in [3.63, 3.8) is 0 Å². The molecule has 1 atom stereocenters. The molecule has 9 heteroatoms. The SMILES string of the molecule is [2H]C1(C(=O)[15NH]CC[13C](=O)[15NH]CCC(=O)ON2C(=C)CCC2=O)CCCN1C[13CH]([13CH3])[13CH3]. The van der Waals surface area contributed by atoms with Crippen molar-refractivity contribution in [3.05, 3.63) is 12.3 Å². The van der Waals surface area contributed by atoms with E-state index >= 15 is 0 Å². The Morgan fingerprint density at radius 2 is 1.97 bits per heavy atom. The highest BCUT2D eigenvalue weighted by Gasteiger charge is 2.30. The molecule has 2 fully saturated rings. The molecule has 0 bridgehead atoms. The molecule has 0 aromatic heterocycles. The van der Waals surface area contributed by atoms with Gasteiger partial charge in [-0.15, -0.1) is 5.06 Å². The summed E-state index contributed by atoms with van der Waals surface area (Å²) in [4.78, 5) is 54.5. The predicted octanol–water partition coefficient (Wildman–Crippen LogP) is 0.714. The Hall–Kier alpha value is -2.42. The smallest absolute Gasteiger partial charge is 0.334 e. The van der Waals surface area contributed by atoms with Gasteiger partial charge < -0.3 is 15.5 Å². The summed E-state index contributed by atoms with van der Waals surface area (Å²) in [6.07, 6.45) is 1.97. The fourth-order valence-electron chi connectivity index (χ4n) is 3.31. The lowest BCUT2D eigenvalue weighted by atomic mass is 10.2. The number of hydrogen-bond donors (Lipinski definition) is 2. The monoisotopic (exact) mass is 415 g/mol. The van der Waals surface area contributed by atoms with Crippen molar-refractivity contribution >= 4 is 23.7 Å². The Balaban J connectivity index is 1.64. The fourth-order valence-corrected chi connectivity index (χ4v) is 3.31. The van der Waals surface area contributed by atoms with Gasteiger partial charge in [-0.3, -0.25) is 19.3 Å². The number of carbonyl (C=O) groups is 4. The maximum atomic E-state index is 12.5. The molecule has 0 aliphatic carbocycles. The summed E-state index contributed by atoms with van der Waals surface area (Å²) < 4.78 is 8.53. The van der Waals surface area contributed by atoms with Crippen LogP contribution < -0.4 is 10.6 Å². The number of allylic oxidation sites excluding steroid dienone is 1. The molecule has 9 nitrogen and oxygen atoms in total. The normalized spacial score (nSPS) is 22.7. The first-order valence-corrected chi connectivity index (χ1v) is 10.1. The van der Waals surface area contributed by atoms with E-state index in [1.165, 1.54) is 0 Å². The van der Waals surface area contributed by atoms with E-state index < -0.39 is 12.0 Å². The number of rotatable bonds is 10. The lowest BCUT2D eigenvalue weighted by molar-refractivity contribution is -0.186. The van der Waals surface area contributed by atoms with Gasteiger partial charge in [0.2, 0.25) is 11.8 Å². The largest absolute Gasteiger partial charge is 0.355 e. The van der Waals surface area contributed by atoms with Gasteiger partial charge in [0.1, 0.15) is 0 Å². The number of hydrogen-bond acceptors (Lipinski definition) is 6. The van der Waals surface area contributed by atoms with E-state index in [1.807, 2.05) is 4.90 Å². The fraction of sp³-hybridized carbons (Fsp3) is 0.700. The molecule has 2 heterocycles. The molecule has 2 saturated heterocycles. The summed E-state index contributed by atoms with van der Waals surface area (Å²) in [5, 5.41) is 6.16. The molecule has 1 unspecified atom stereocenters. The van der Waals surface area contributed by atoms with Crippen LogP contribution in [0.3, 0.4) is 0 Å². The lowest BCUT2D eigenvalue weighted by Crippen LogP contribution is -2.45. The van der Waals surface area contributed by atoms with Gasteiger partial charge in [-0.05, 0) is 31.7 Å². The third-order valence-corrected chi connectivity index (χ3v) is 4.69. The molecule has 2 rings (SSSR count). The van der Waals surface area contributed by atoms with Gasteiger partial charge in [0, 0.05) is 32.5 Å². The Kier molecular flexibility index (Phi) is 8.03. The van der Waals surface area contributed by atoms with Crippen LogP contribution in [0.2, 0.25) is 0 Å². The first kappa shape index (κ1) is 21.3. The zero-order valence-electron chi connectivity index (χ0n) is 18.3. The average Bonchev–Trinajstić information content (AvgIpc) is 3.19. The molecule has 29 heavy (non-hydrogen) atoms. The third-order valence-electron chi connectivity index (χ3n) is 4.69. The summed E-state index contributed by atoms with van der Waals surface area (Å²) in [7, 11) is 0. The summed E-state index contributed by atoms with van der Waals surface area (Å²) in [5.41, 5.74) is 0.439. The Morgan fingerprint density at radius 3 is 2.62 bits per heavy atom. The van der Waals surface area contributed by atoms with Crippen LogP contribution in [0.5, 0.6) is 0 Å². The number of hydroxylamine groups is 2.